The van der Waals surface area contributed by atoms with Crippen LogP contribution in [-0.2, 0) is 11.2 Å². The standard InChI is InChI=1S/C11H8N2OS/c12-13-6-9(14)5-8-7-15-11-4-2-1-3-10(8)11/h1-4,6-7H,5H2. The highest BCUT2D eigenvalue weighted by Gasteiger charge is 2.09. The summed E-state index contributed by atoms with van der Waals surface area (Å²) in [5.74, 6) is -0.193. The zero-order valence-corrected chi connectivity index (χ0v) is 8.70. The molecule has 15 heavy (non-hydrogen) atoms. The first-order valence-corrected chi connectivity index (χ1v) is 5.34. The molecule has 0 radical (unpaired) electrons. The van der Waals surface area contributed by atoms with Crippen LogP contribution in [0.5, 0.6) is 0 Å². The van der Waals surface area contributed by atoms with Crippen LogP contribution in [0.3, 0.4) is 0 Å². The average Bonchev–Trinajstić information content (AvgIpc) is 2.62. The van der Waals surface area contributed by atoms with Gasteiger partial charge in [-0.1, -0.05) is 18.2 Å². The van der Waals surface area contributed by atoms with E-state index in [2.05, 4.69) is 4.79 Å². The lowest BCUT2D eigenvalue weighted by Crippen LogP contribution is -2.03. The molecule has 2 rings (SSSR count). The summed E-state index contributed by atoms with van der Waals surface area (Å²) in [6.45, 7) is 0. The number of hydrogen-bond donors (Lipinski definition) is 0. The number of fused-ring (bicyclic) bond motifs is 1. The molecule has 1 aromatic heterocycles. The summed E-state index contributed by atoms with van der Waals surface area (Å²) in [6, 6.07) is 7.93. The van der Waals surface area contributed by atoms with E-state index in [1.54, 1.807) is 11.3 Å². The van der Waals surface area contributed by atoms with Crippen molar-refractivity contribution in [2.75, 3.05) is 0 Å². The molecule has 0 saturated heterocycles. The van der Waals surface area contributed by atoms with Gasteiger partial charge >= 0.3 is 6.21 Å². The summed E-state index contributed by atoms with van der Waals surface area (Å²) < 4.78 is 1.17. The van der Waals surface area contributed by atoms with Crippen molar-refractivity contribution in [3.8, 4) is 0 Å². The molecular formula is C11H8N2OS. The van der Waals surface area contributed by atoms with Crippen LogP contribution in [0.1, 0.15) is 5.56 Å². The Kier molecular flexibility index (Phi) is 2.72. The van der Waals surface area contributed by atoms with Crippen molar-refractivity contribution in [3.05, 3.63) is 40.7 Å². The van der Waals surface area contributed by atoms with Gasteiger partial charge in [0.15, 0.2) is 0 Å². The maximum absolute atomic E-state index is 11.2. The van der Waals surface area contributed by atoms with Crippen LogP contribution in [-0.4, -0.2) is 16.8 Å². The molecule has 0 fully saturated rings. The minimum atomic E-state index is -0.193. The summed E-state index contributed by atoms with van der Waals surface area (Å²) in [7, 11) is 0. The number of nitrogens with zero attached hydrogens (tertiary/aromatic N) is 2. The van der Waals surface area contributed by atoms with E-state index < -0.39 is 0 Å². The monoisotopic (exact) mass is 216 g/mol. The Hall–Kier alpha value is -1.77. The number of hydrogen-bond acceptors (Lipinski definition) is 2. The molecule has 0 atom stereocenters. The molecule has 1 heterocycles. The molecule has 2 aromatic rings. The van der Waals surface area contributed by atoms with Gasteiger partial charge in [-0.15, -0.1) is 11.3 Å². The van der Waals surface area contributed by atoms with Gasteiger partial charge in [0.25, 0.3) is 0 Å². The van der Waals surface area contributed by atoms with E-state index in [-0.39, 0.29) is 12.2 Å². The van der Waals surface area contributed by atoms with Gasteiger partial charge in [-0.2, -0.15) is 4.79 Å². The Balaban J connectivity index is 2.36. The van der Waals surface area contributed by atoms with Crippen molar-refractivity contribution in [1.29, 1.82) is 0 Å². The van der Waals surface area contributed by atoms with Gasteiger partial charge in [0.2, 0.25) is 5.78 Å². The van der Waals surface area contributed by atoms with E-state index in [0.29, 0.717) is 0 Å². The predicted molar refractivity (Wildman–Crippen MR) is 60.2 cm³/mol. The van der Waals surface area contributed by atoms with Gasteiger partial charge in [-0.25, -0.2) is 0 Å². The lowest BCUT2D eigenvalue weighted by atomic mass is 10.1. The van der Waals surface area contributed by atoms with Crippen molar-refractivity contribution >= 4 is 33.4 Å². The van der Waals surface area contributed by atoms with E-state index in [1.165, 1.54) is 4.70 Å². The second kappa shape index (κ2) is 4.17. The quantitative estimate of drug-likeness (QED) is 0.441. The van der Waals surface area contributed by atoms with Crippen LogP contribution in [0.2, 0.25) is 0 Å². The highest BCUT2D eigenvalue weighted by Crippen LogP contribution is 2.25. The van der Waals surface area contributed by atoms with Gasteiger partial charge in [-0.3, -0.25) is 4.79 Å². The van der Waals surface area contributed by atoms with Crippen LogP contribution in [0, 0.1) is 0 Å². The number of thiophene rings is 1. The van der Waals surface area contributed by atoms with Crippen molar-refractivity contribution in [1.82, 2.24) is 0 Å². The normalized spacial score (nSPS) is 9.87. The molecule has 0 unspecified atom stereocenters. The SMILES string of the molecule is [N-]=[N+]=CC(=O)Cc1csc2ccccc12. The fourth-order valence-electron chi connectivity index (χ4n) is 1.47. The number of benzene rings is 1. The van der Waals surface area contributed by atoms with Crippen LogP contribution in [0.25, 0.3) is 15.6 Å². The molecule has 0 spiro atoms. The van der Waals surface area contributed by atoms with Gasteiger partial charge in [0.05, 0.1) is 0 Å². The van der Waals surface area contributed by atoms with Gasteiger partial charge in [0, 0.05) is 11.1 Å². The Morgan fingerprint density at radius 3 is 3.07 bits per heavy atom. The minimum absolute atomic E-state index is 0.193. The predicted octanol–water partition coefficient (Wildman–Crippen LogP) is 2.31. The Morgan fingerprint density at radius 1 is 1.47 bits per heavy atom. The smallest absolute Gasteiger partial charge is 0.323 e. The van der Waals surface area contributed by atoms with Crippen LogP contribution in [0.4, 0.5) is 0 Å². The molecule has 0 amide bonds. The lowest BCUT2D eigenvalue weighted by Gasteiger charge is -1.92. The highest BCUT2D eigenvalue weighted by molar-refractivity contribution is 7.17. The van der Waals surface area contributed by atoms with Crippen molar-refractivity contribution in [2.45, 2.75) is 6.42 Å². The Morgan fingerprint density at radius 2 is 2.27 bits per heavy atom. The molecule has 0 saturated carbocycles. The summed E-state index contributed by atoms with van der Waals surface area (Å²) >= 11 is 1.61. The maximum atomic E-state index is 11.2. The Labute approximate surface area is 90.6 Å². The third-order valence-electron chi connectivity index (χ3n) is 2.13. The van der Waals surface area contributed by atoms with Crippen molar-refractivity contribution < 1.29 is 9.58 Å². The zero-order chi connectivity index (χ0) is 10.7. The third kappa shape index (κ3) is 2.01. The zero-order valence-electron chi connectivity index (χ0n) is 7.88. The summed E-state index contributed by atoms with van der Waals surface area (Å²) in [5.41, 5.74) is 9.22. The van der Waals surface area contributed by atoms with Gasteiger partial charge in [0.1, 0.15) is 0 Å². The summed E-state index contributed by atoms with van der Waals surface area (Å²) in [6.07, 6.45) is 1.22. The fraction of sp³-hybridized carbons (Fsp3) is 0.0909. The second-order valence-electron chi connectivity index (χ2n) is 3.14. The van der Waals surface area contributed by atoms with Gasteiger partial charge < -0.3 is 5.53 Å². The topological polar surface area (TPSA) is 53.5 Å². The number of rotatable bonds is 3. The number of Topliss-reactive ketones (excluding diaryl/α,β-unsaturated/α-hetero) is 1. The maximum Gasteiger partial charge on any atom is 0.323 e. The first-order chi connectivity index (χ1) is 7.31. The largest absolute Gasteiger partial charge is 0.361 e. The number of ketones is 1. The van der Waals surface area contributed by atoms with E-state index in [4.69, 9.17) is 5.53 Å². The first-order valence-electron chi connectivity index (χ1n) is 4.46. The van der Waals surface area contributed by atoms with Gasteiger partial charge in [-0.05, 0) is 22.4 Å². The highest BCUT2D eigenvalue weighted by atomic mass is 32.1. The van der Waals surface area contributed by atoms with E-state index in [0.717, 1.165) is 17.2 Å². The molecule has 4 heteroatoms. The summed E-state index contributed by atoms with van der Waals surface area (Å²) in [5, 5.41) is 3.07. The number of carbonyl (C=O) groups excluding carboxylic acids is 1. The van der Waals surface area contributed by atoms with Crippen molar-refractivity contribution in [2.24, 2.45) is 0 Å². The molecular weight excluding hydrogens is 208 g/mol. The molecule has 0 aliphatic rings. The van der Waals surface area contributed by atoms with Crippen LogP contribution in [0.15, 0.2) is 29.6 Å². The van der Waals surface area contributed by atoms with E-state index >= 15 is 0 Å². The molecule has 0 N–H and O–H groups in total. The first kappa shape index (κ1) is 9.77. The molecule has 3 nitrogen and oxygen atoms in total. The fourth-order valence-corrected chi connectivity index (χ4v) is 2.43. The third-order valence-corrected chi connectivity index (χ3v) is 3.14. The average molecular weight is 216 g/mol. The van der Waals surface area contributed by atoms with E-state index in [1.807, 2.05) is 29.6 Å². The lowest BCUT2D eigenvalue weighted by molar-refractivity contribution is -0.115. The van der Waals surface area contributed by atoms with E-state index in [9.17, 15) is 4.79 Å². The van der Waals surface area contributed by atoms with Crippen LogP contribution < -0.4 is 0 Å². The van der Waals surface area contributed by atoms with Crippen molar-refractivity contribution in [3.63, 3.8) is 0 Å². The minimum Gasteiger partial charge on any atom is -0.361 e. The summed E-state index contributed by atoms with van der Waals surface area (Å²) in [4.78, 5) is 14.0. The second-order valence-corrected chi connectivity index (χ2v) is 4.06. The molecule has 0 aliphatic heterocycles. The van der Waals surface area contributed by atoms with Crippen LogP contribution >= 0.6 is 11.3 Å². The molecule has 74 valence electrons. The molecule has 0 bridgehead atoms. The number of carbonyl (C=O) groups is 1. The Bertz CT molecular complexity index is 552. The molecule has 1 aromatic carbocycles. The molecule has 0 aliphatic carbocycles.